The molecule has 0 fully saturated rings. The molecule has 0 saturated heterocycles. The van der Waals surface area contributed by atoms with Crippen LogP contribution in [-0.4, -0.2) is 29.1 Å². The average Bonchev–Trinajstić information content (AvgIpc) is 3.01. The van der Waals surface area contributed by atoms with Crippen LogP contribution >= 0.6 is 39.3 Å². The molecule has 6 heteroatoms. The molecular weight excluding hydrogens is 396 g/mol. The normalized spacial score (nSPS) is 14.0. The maximum Gasteiger partial charge on any atom is 0.261 e. The minimum atomic E-state index is -0.0210. The van der Waals surface area contributed by atoms with Crippen molar-refractivity contribution in [3.63, 3.8) is 0 Å². The van der Waals surface area contributed by atoms with Crippen molar-refractivity contribution >= 4 is 50.4 Å². The van der Waals surface area contributed by atoms with Gasteiger partial charge >= 0.3 is 0 Å². The quantitative estimate of drug-likeness (QED) is 0.726. The van der Waals surface area contributed by atoms with E-state index in [1.807, 2.05) is 48.5 Å². The molecule has 0 aliphatic carbocycles. The number of halogens is 2. The Bertz CT molecular complexity index is 766. The van der Waals surface area contributed by atoms with Crippen LogP contribution in [-0.2, 0) is 5.75 Å². The third-order valence-electron chi connectivity index (χ3n) is 3.41. The van der Waals surface area contributed by atoms with Crippen LogP contribution in [0, 0.1) is 0 Å². The van der Waals surface area contributed by atoms with E-state index in [2.05, 4.69) is 20.9 Å². The second-order valence-electron chi connectivity index (χ2n) is 5.02. The molecule has 0 unspecified atom stereocenters. The minimum Gasteiger partial charge on any atom is -0.286 e. The van der Waals surface area contributed by atoms with Crippen molar-refractivity contribution in [2.45, 2.75) is 5.75 Å². The first-order valence-corrected chi connectivity index (χ1v) is 9.29. The number of aliphatic imine (C=N–C) groups is 1. The van der Waals surface area contributed by atoms with E-state index < -0.39 is 0 Å². The predicted molar refractivity (Wildman–Crippen MR) is 100 cm³/mol. The van der Waals surface area contributed by atoms with Gasteiger partial charge in [-0.1, -0.05) is 47.6 Å². The van der Waals surface area contributed by atoms with E-state index in [0.29, 0.717) is 18.7 Å². The average molecular weight is 410 g/mol. The molecule has 3 nitrogen and oxygen atoms in total. The SMILES string of the molecule is O=C(c1ccccc1Br)N1CCN=C1SCc1cccc(Cl)c1. The summed E-state index contributed by atoms with van der Waals surface area (Å²) in [6.45, 7) is 1.27. The van der Waals surface area contributed by atoms with Gasteiger partial charge in [-0.25, -0.2) is 0 Å². The fourth-order valence-electron chi connectivity index (χ4n) is 2.29. The molecule has 0 N–H and O–H groups in total. The van der Waals surface area contributed by atoms with Crippen LogP contribution < -0.4 is 0 Å². The molecule has 118 valence electrons. The number of nitrogens with zero attached hydrogens (tertiary/aromatic N) is 2. The summed E-state index contributed by atoms with van der Waals surface area (Å²) in [6.07, 6.45) is 0. The lowest BCUT2D eigenvalue weighted by Gasteiger charge is -2.18. The van der Waals surface area contributed by atoms with Crippen LogP contribution in [0.4, 0.5) is 0 Å². The number of rotatable bonds is 3. The largest absolute Gasteiger partial charge is 0.286 e. The van der Waals surface area contributed by atoms with Crippen LogP contribution in [0.1, 0.15) is 15.9 Å². The molecule has 0 radical (unpaired) electrons. The van der Waals surface area contributed by atoms with Crippen LogP contribution in [0.25, 0.3) is 0 Å². The topological polar surface area (TPSA) is 32.7 Å². The zero-order valence-electron chi connectivity index (χ0n) is 12.2. The smallest absolute Gasteiger partial charge is 0.261 e. The molecule has 0 bridgehead atoms. The van der Waals surface area contributed by atoms with Crippen LogP contribution in [0.3, 0.4) is 0 Å². The van der Waals surface area contributed by atoms with Gasteiger partial charge in [0.2, 0.25) is 0 Å². The first-order chi connectivity index (χ1) is 11.1. The summed E-state index contributed by atoms with van der Waals surface area (Å²) in [7, 11) is 0. The number of benzene rings is 2. The maximum atomic E-state index is 12.7. The highest BCUT2D eigenvalue weighted by Gasteiger charge is 2.26. The Hall–Kier alpha value is -1.30. The molecule has 23 heavy (non-hydrogen) atoms. The van der Waals surface area contributed by atoms with Crippen molar-refractivity contribution in [2.75, 3.05) is 13.1 Å². The number of carbonyl (C=O) groups is 1. The maximum absolute atomic E-state index is 12.7. The molecule has 0 atom stereocenters. The predicted octanol–water partition coefficient (Wildman–Crippen LogP) is 4.85. The van der Waals surface area contributed by atoms with E-state index >= 15 is 0 Å². The van der Waals surface area contributed by atoms with E-state index in [4.69, 9.17) is 11.6 Å². The molecule has 1 amide bonds. The van der Waals surface area contributed by atoms with Gasteiger partial charge in [0.1, 0.15) is 0 Å². The molecular formula is C17H14BrClN2OS. The van der Waals surface area contributed by atoms with Crippen molar-refractivity contribution in [2.24, 2.45) is 4.99 Å². The Kier molecular flexibility index (Phi) is 5.41. The molecule has 1 aliphatic rings. The summed E-state index contributed by atoms with van der Waals surface area (Å²) in [5, 5.41) is 1.49. The van der Waals surface area contributed by atoms with Crippen molar-refractivity contribution in [3.8, 4) is 0 Å². The lowest BCUT2D eigenvalue weighted by molar-refractivity contribution is 0.0860. The van der Waals surface area contributed by atoms with Gasteiger partial charge in [-0.05, 0) is 45.8 Å². The van der Waals surface area contributed by atoms with Gasteiger partial charge in [0.25, 0.3) is 5.91 Å². The van der Waals surface area contributed by atoms with Gasteiger partial charge in [0, 0.05) is 21.8 Å². The van der Waals surface area contributed by atoms with Crippen molar-refractivity contribution in [1.29, 1.82) is 0 Å². The zero-order valence-corrected chi connectivity index (χ0v) is 15.4. The summed E-state index contributed by atoms with van der Waals surface area (Å²) >= 11 is 11.0. The summed E-state index contributed by atoms with van der Waals surface area (Å²) < 4.78 is 0.802. The third kappa shape index (κ3) is 3.97. The Labute approximate surface area is 152 Å². The number of amidine groups is 1. The molecule has 2 aromatic rings. The summed E-state index contributed by atoms with van der Waals surface area (Å²) in [6, 6.07) is 15.2. The Balaban J connectivity index is 1.70. The molecule has 0 saturated carbocycles. The fraction of sp³-hybridized carbons (Fsp3) is 0.176. The lowest BCUT2D eigenvalue weighted by Crippen LogP contribution is -2.33. The molecule has 1 heterocycles. The fourth-order valence-corrected chi connectivity index (χ4v) is 3.95. The molecule has 0 aromatic heterocycles. The van der Waals surface area contributed by atoms with Gasteiger partial charge in [-0.15, -0.1) is 0 Å². The van der Waals surface area contributed by atoms with Crippen LogP contribution in [0.2, 0.25) is 5.02 Å². The first kappa shape index (κ1) is 16.6. The Morgan fingerprint density at radius 1 is 1.26 bits per heavy atom. The highest BCUT2D eigenvalue weighted by Crippen LogP contribution is 2.25. The molecule has 3 rings (SSSR count). The zero-order chi connectivity index (χ0) is 16.2. The molecule has 0 spiro atoms. The Morgan fingerprint density at radius 2 is 2.09 bits per heavy atom. The van der Waals surface area contributed by atoms with E-state index in [1.54, 1.807) is 16.7 Å². The minimum absolute atomic E-state index is 0.0210. The second-order valence-corrected chi connectivity index (χ2v) is 7.25. The summed E-state index contributed by atoms with van der Waals surface area (Å²) in [5.74, 6) is 0.714. The molecule has 2 aromatic carbocycles. The van der Waals surface area contributed by atoms with Crippen molar-refractivity contribution in [3.05, 3.63) is 69.2 Å². The van der Waals surface area contributed by atoms with Gasteiger partial charge in [0.15, 0.2) is 5.17 Å². The van der Waals surface area contributed by atoms with E-state index in [-0.39, 0.29) is 5.91 Å². The highest BCUT2D eigenvalue weighted by molar-refractivity contribution is 9.10. The molecule has 1 aliphatic heterocycles. The highest BCUT2D eigenvalue weighted by atomic mass is 79.9. The first-order valence-electron chi connectivity index (χ1n) is 7.13. The summed E-state index contributed by atoms with van der Waals surface area (Å²) in [5.41, 5.74) is 1.77. The lowest BCUT2D eigenvalue weighted by atomic mass is 10.2. The van der Waals surface area contributed by atoms with Crippen LogP contribution in [0.5, 0.6) is 0 Å². The number of carbonyl (C=O) groups excluding carboxylic acids is 1. The monoisotopic (exact) mass is 408 g/mol. The Morgan fingerprint density at radius 3 is 2.87 bits per heavy atom. The van der Waals surface area contributed by atoms with E-state index in [9.17, 15) is 4.79 Å². The van der Waals surface area contributed by atoms with E-state index in [1.165, 1.54) is 0 Å². The third-order valence-corrected chi connectivity index (χ3v) is 5.42. The van der Waals surface area contributed by atoms with Crippen molar-refractivity contribution < 1.29 is 4.79 Å². The van der Waals surface area contributed by atoms with E-state index in [0.717, 1.165) is 26.0 Å². The number of thioether (sulfide) groups is 1. The van der Waals surface area contributed by atoms with Crippen molar-refractivity contribution in [1.82, 2.24) is 4.90 Å². The van der Waals surface area contributed by atoms with Gasteiger partial charge in [-0.2, -0.15) is 0 Å². The number of hydrogen-bond acceptors (Lipinski definition) is 3. The summed E-state index contributed by atoms with van der Waals surface area (Å²) in [4.78, 5) is 18.9. The van der Waals surface area contributed by atoms with Gasteiger partial charge in [-0.3, -0.25) is 14.7 Å². The number of hydrogen-bond donors (Lipinski definition) is 0. The second kappa shape index (κ2) is 7.51. The van der Waals surface area contributed by atoms with Gasteiger partial charge < -0.3 is 0 Å². The van der Waals surface area contributed by atoms with Gasteiger partial charge in [0.05, 0.1) is 12.1 Å². The number of amides is 1. The standard InChI is InChI=1S/C17H14BrClN2OS/c18-15-7-2-1-6-14(15)16(22)21-9-8-20-17(21)23-11-12-4-3-5-13(19)10-12/h1-7,10H,8-9,11H2. The van der Waals surface area contributed by atoms with Crippen LogP contribution in [0.15, 0.2) is 58.0 Å².